The van der Waals surface area contributed by atoms with E-state index in [1.165, 1.54) is 83.5 Å². The number of rotatable bonds is 36. The third-order valence-corrected chi connectivity index (χ3v) is 8.79. The van der Waals surface area contributed by atoms with Crippen molar-refractivity contribution < 1.29 is 29.3 Å². The Kier molecular flexibility index (Phi) is 37.5. The van der Waals surface area contributed by atoms with Gasteiger partial charge in [-0.2, -0.15) is 0 Å². The van der Waals surface area contributed by atoms with E-state index < -0.39 is 24.8 Å². The lowest BCUT2D eigenvalue weighted by Crippen LogP contribution is -2.28. The van der Waals surface area contributed by atoms with Crippen molar-refractivity contribution >= 4 is 11.9 Å². The smallest absolute Gasteiger partial charge is 0.306 e. The third-order valence-electron chi connectivity index (χ3n) is 8.79. The van der Waals surface area contributed by atoms with E-state index in [9.17, 15) is 19.8 Å². The van der Waals surface area contributed by atoms with Crippen LogP contribution in [0.4, 0.5) is 0 Å². The molecule has 0 aromatic heterocycles. The minimum absolute atomic E-state index is 0.132. The summed E-state index contributed by atoms with van der Waals surface area (Å²) in [5.41, 5.74) is 0. The zero-order valence-electron chi connectivity index (χ0n) is 33.6. The quantitative estimate of drug-likeness (QED) is 0.0289. The first-order chi connectivity index (χ1) is 25.4. The highest BCUT2D eigenvalue weighted by atomic mass is 16.6. The van der Waals surface area contributed by atoms with Gasteiger partial charge in [0.25, 0.3) is 0 Å². The third kappa shape index (κ3) is 38.5. The summed E-state index contributed by atoms with van der Waals surface area (Å²) in [5, 5.41) is 19.7. The topological polar surface area (TPSA) is 93.1 Å². The molecule has 6 heteroatoms. The second-order valence-corrected chi connectivity index (χ2v) is 14.4. The summed E-state index contributed by atoms with van der Waals surface area (Å²) in [6, 6.07) is 0. The lowest BCUT2D eigenvalue weighted by molar-refractivity contribution is -0.161. The van der Waals surface area contributed by atoms with Crippen LogP contribution >= 0.6 is 0 Å². The first-order valence-electron chi connectivity index (χ1n) is 21.0. The van der Waals surface area contributed by atoms with E-state index in [0.717, 1.165) is 50.9 Å². The van der Waals surface area contributed by atoms with Crippen LogP contribution < -0.4 is 0 Å². The molecule has 0 heterocycles. The number of ether oxygens (including phenoxy) is 2. The number of carbonyl (C=O) groups is 2. The monoisotopic (exact) mass is 727 g/mol. The number of carbonyl (C=O) groups excluding carboxylic acids is 2. The van der Waals surface area contributed by atoms with Gasteiger partial charge in [-0.3, -0.25) is 9.59 Å². The Morgan fingerprint density at radius 1 is 0.596 bits per heavy atom. The van der Waals surface area contributed by atoms with Crippen LogP contribution in [0.3, 0.4) is 0 Å². The molecule has 298 valence electrons. The number of allylic oxidation sites excluding steroid dienone is 10. The predicted octanol–water partition coefficient (Wildman–Crippen LogP) is 12.2. The van der Waals surface area contributed by atoms with Crippen LogP contribution in [0.25, 0.3) is 0 Å². The summed E-state index contributed by atoms with van der Waals surface area (Å²) >= 11 is 0. The van der Waals surface area contributed by atoms with Crippen LogP contribution in [0.1, 0.15) is 175 Å². The summed E-state index contributed by atoms with van der Waals surface area (Å²) in [4.78, 5) is 24.3. The molecule has 2 atom stereocenters. The normalized spacial score (nSPS) is 13.7. The highest BCUT2D eigenvalue weighted by Gasteiger charge is 2.15. The fourth-order valence-corrected chi connectivity index (χ4v) is 5.61. The van der Waals surface area contributed by atoms with E-state index in [0.29, 0.717) is 19.3 Å². The maximum Gasteiger partial charge on any atom is 0.306 e. The standard InChI is InChI=1S/C46H78O6/c1-4-5-6-7-8-9-10-14-18-21-24-27-31-36-43(48)37-32-29-34-39-46(50)52-44(40-47)41-51-45(49)38-33-28-25-22-19-16-13-11-12-15-17-20-23-26-30-35-42(2)3/h5-6,8-9,14,18,24,27,29,31-32,36,42-44,47-48H,4,7,10-13,15-17,19-23,25-26,28,30,33-35,37-41H2,1-3H3/b6-5-,9-8-,18-14-,27-24-,32-29-,36-31-/t43?,44-/m0/s1. The molecule has 0 radical (unpaired) electrons. The van der Waals surface area contributed by atoms with Crippen LogP contribution in [0.2, 0.25) is 0 Å². The van der Waals surface area contributed by atoms with Gasteiger partial charge in [0.1, 0.15) is 6.61 Å². The van der Waals surface area contributed by atoms with Crippen molar-refractivity contribution in [3.05, 3.63) is 72.9 Å². The first kappa shape index (κ1) is 49.3. The lowest BCUT2D eigenvalue weighted by atomic mass is 10.0. The molecule has 0 aromatic carbocycles. The summed E-state index contributed by atoms with van der Waals surface area (Å²) in [6.07, 6.45) is 48.6. The van der Waals surface area contributed by atoms with E-state index in [1.807, 2.05) is 30.4 Å². The number of esters is 2. The number of aliphatic hydroxyl groups is 2. The minimum Gasteiger partial charge on any atom is -0.462 e. The van der Waals surface area contributed by atoms with E-state index >= 15 is 0 Å². The van der Waals surface area contributed by atoms with Gasteiger partial charge in [-0.05, 0) is 50.9 Å². The van der Waals surface area contributed by atoms with Gasteiger partial charge in [-0.15, -0.1) is 0 Å². The molecule has 0 saturated carbocycles. The second-order valence-electron chi connectivity index (χ2n) is 14.4. The number of hydrogen-bond acceptors (Lipinski definition) is 6. The molecule has 0 rings (SSSR count). The molecule has 0 aromatic rings. The summed E-state index contributed by atoms with van der Waals surface area (Å²) in [7, 11) is 0. The van der Waals surface area contributed by atoms with Gasteiger partial charge in [0, 0.05) is 12.8 Å². The van der Waals surface area contributed by atoms with Crippen molar-refractivity contribution in [1.82, 2.24) is 0 Å². The first-order valence-corrected chi connectivity index (χ1v) is 21.0. The molecule has 52 heavy (non-hydrogen) atoms. The average molecular weight is 727 g/mol. The van der Waals surface area contributed by atoms with Crippen LogP contribution in [0.5, 0.6) is 0 Å². The largest absolute Gasteiger partial charge is 0.462 e. The molecule has 0 bridgehead atoms. The molecular weight excluding hydrogens is 648 g/mol. The fraction of sp³-hybridized carbons (Fsp3) is 0.696. The molecular formula is C46H78O6. The van der Waals surface area contributed by atoms with Gasteiger partial charge in [0.2, 0.25) is 0 Å². The molecule has 0 fully saturated rings. The zero-order chi connectivity index (χ0) is 38.2. The van der Waals surface area contributed by atoms with E-state index in [4.69, 9.17) is 9.47 Å². The van der Waals surface area contributed by atoms with Gasteiger partial charge in [0.05, 0.1) is 12.7 Å². The Morgan fingerprint density at radius 3 is 1.65 bits per heavy atom. The van der Waals surface area contributed by atoms with Crippen molar-refractivity contribution in [2.75, 3.05) is 13.2 Å². The molecule has 0 amide bonds. The van der Waals surface area contributed by atoms with E-state index in [1.54, 1.807) is 6.08 Å². The minimum atomic E-state index is -0.856. The van der Waals surface area contributed by atoms with Crippen molar-refractivity contribution in [3.8, 4) is 0 Å². The van der Waals surface area contributed by atoms with Crippen molar-refractivity contribution in [1.29, 1.82) is 0 Å². The summed E-state index contributed by atoms with van der Waals surface area (Å²) in [5.74, 6) is 0.0721. The number of unbranched alkanes of at least 4 members (excludes halogenated alkanes) is 14. The molecule has 2 N–H and O–H groups in total. The molecule has 0 spiro atoms. The van der Waals surface area contributed by atoms with Crippen molar-refractivity contribution in [2.45, 2.75) is 187 Å². The van der Waals surface area contributed by atoms with E-state index in [2.05, 4.69) is 57.2 Å². The molecule has 0 saturated heterocycles. The molecule has 0 aliphatic rings. The number of aliphatic hydroxyl groups excluding tert-OH is 2. The highest BCUT2D eigenvalue weighted by Crippen LogP contribution is 2.15. The van der Waals surface area contributed by atoms with Gasteiger partial charge >= 0.3 is 11.9 Å². The van der Waals surface area contributed by atoms with Crippen LogP contribution in [-0.4, -0.2) is 47.6 Å². The SMILES string of the molecule is CC/C=C\C/C=C\C/C=C\C/C=C\C=C/C(O)C/C=C\CCC(=O)O[C@@H](CO)COC(=O)CCCCCCCCCCCCCCCCCC(C)C. The average Bonchev–Trinajstić information content (AvgIpc) is 3.12. The second kappa shape index (κ2) is 39.5. The Morgan fingerprint density at radius 2 is 1.12 bits per heavy atom. The Labute approximate surface area is 319 Å². The van der Waals surface area contributed by atoms with Crippen LogP contribution in [-0.2, 0) is 19.1 Å². The van der Waals surface area contributed by atoms with Gasteiger partial charge in [-0.25, -0.2) is 0 Å². The molecule has 0 aliphatic heterocycles. The lowest BCUT2D eigenvalue weighted by Gasteiger charge is -2.15. The Hall–Kier alpha value is -2.70. The summed E-state index contributed by atoms with van der Waals surface area (Å²) in [6.45, 7) is 6.23. The van der Waals surface area contributed by atoms with Gasteiger partial charge in [0.15, 0.2) is 6.10 Å². The highest BCUT2D eigenvalue weighted by molar-refractivity contribution is 5.70. The molecule has 0 aliphatic carbocycles. The van der Waals surface area contributed by atoms with Gasteiger partial charge < -0.3 is 19.7 Å². The maximum absolute atomic E-state index is 12.2. The maximum atomic E-state index is 12.2. The van der Waals surface area contributed by atoms with E-state index in [-0.39, 0.29) is 19.0 Å². The summed E-state index contributed by atoms with van der Waals surface area (Å²) < 4.78 is 10.5. The zero-order valence-corrected chi connectivity index (χ0v) is 33.6. The van der Waals surface area contributed by atoms with Gasteiger partial charge in [-0.1, -0.05) is 190 Å². The Balaban J connectivity index is 3.76. The predicted molar refractivity (Wildman–Crippen MR) is 220 cm³/mol. The fourth-order valence-electron chi connectivity index (χ4n) is 5.61. The van der Waals surface area contributed by atoms with Crippen LogP contribution in [0, 0.1) is 5.92 Å². The Bertz CT molecular complexity index is 989. The van der Waals surface area contributed by atoms with Crippen molar-refractivity contribution in [3.63, 3.8) is 0 Å². The van der Waals surface area contributed by atoms with Crippen molar-refractivity contribution in [2.24, 2.45) is 5.92 Å². The molecule has 6 nitrogen and oxygen atoms in total. The van der Waals surface area contributed by atoms with Crippen LogP contribution in [0.15, 0.2) is 72.9 Å². The number of hydrogen-bond donors (Lipinski definition) is 2. The molecule has 1 unspecified atom stereocenters.